The summed E-state index contributed by atoms with van der Waals surface area (Å²) in [7, 11) is 0. The third-order valence-electron chi connectivity index (χ3n) is 3.14. The highest BCUT2D eigenvalue weighted by atomic mass is 32.1. The fourth-order valence-corrected chi connectivity index (χ4v) is 3.08. The van der Waals surface area contributed by atoms with Crippen LogP contribution in [0.4, 0.5) is 5.13 Å². The Labute approximate surface area is 126 Å². The fourth-order valence-electron chi connectivity index (χ4n) is 2.18. The summed E-state index contributed by atoms with van der Waals surface area (Å²) in [6, 6.07) is 11.7. The average Bonchev–Trinajstić information content (AvgIpc) is 2.93. The van der Waals surface area contributed by atoms with Gasteiger partial charge in [-0.3, -0.25) is 4.79 Å². The van der Waals surface area contributed by atoms with Gasteiger partial charge in [-0.1, -0.05) is 48.6 Å². The second kappa shape index (κ2) is 6.05. The Morgan fingerprint density at radius 2 is 2.05 bits per heavy atom. The van der Waals surface area contributed by atoms with Crippen molar-refractivity contribution >= 4 is 21.4 Å². The van der Waals surface area contributed by atoms with Gasteiger partial charge < -0.3 is 4.90 Å². The molecule has 0 aliphatic rings. The van der Waals surface area contributed by atoms with Crippen molar-refractivity contribution in [3.05, 3.63) is 58.5 Å². The van der Waals surface area contributed by atoms with E-state index < -0.39 is 0 Å². The maximum atomic E-state index is 11.8. The predicted octanol–water partition coefficient (Wildman–Crippen LogP) is 2.57. The van der Waals surface area contributed by atoms with Crippen molar-refractivity contribution in [3.63, 3.8) is 0 Å². The minimum atomic E-state index is -0.140. The summed E-state index contributed by atoms with van der Waals surface area (Å²) in [4.78, 5) is 18.8. The molecule has 0 aliphatic heterocycles. The molecule has 0 saturated carbocycles. The monoisotopic (exact) mass is 300 g/mol. The second-order valence-electron chi connectivity index (χ2n) is 4.77. The van der Waals surface area contributed by atoms with Gasteiger partial charge in [-0.15, -0.1) is 5.10 Å². The number of anilines is 1. The fraction of sp³-hybridized carbons (Fsp3) is 0.267. The summed E-state index contributed by atoms with van der Waals surface area (Å²) in [6.07, 6.45) is 2.55. The Bertz CT molecular complexity index is 781. The average molecular weight is 300 g/mol. The van der Waals surface area contributed by atoms with Crippen LogP contribution in [-0.4, -0.2) is 21.1 Å². The molecule has 0 amide bonds. The first-order chi connectivity index (χ1) is 10.3. The quantitative estimate of drug-likeness (QED) is 0.726. The highest BCUT2D eigenvalue weighted by molar-refractivity contribution is 7.20. The van der Waals surface area contributed by atoms with Gasteiger partial charge in [-0.2, -0.15) is 4.52 Å². The number of nitrogens with zero attached hydrogens (tertiary/aromatic N) is 4. The predicted molar refractivity (Wildman–Crippen MR) is 84.9 cm³/mol. The molecule has 6 heteroatoms. The van der Waals surface area contributed by atoms with E-state index in [1.54, 1.807) is 0 Å². The van der Waals surface area contributed by atoms with E-state index in [0.717, 1.165) is 24.6 Å². The van der Waals surface area contributed by atoms with Gasteiger partial charge in [0, 0.05) is 25.4 Å². The first-order valence-electron chi connectivity index (χ1n) is 6.91. The molecule has 5 nitrogen and oxygen atoms in total. The summed E-state index contributed by atoms with van der Waals surface area (Å²) < 4.78 is 1.37. The van der Waals surface area contributed by atoms with Gasteiger partial charge in [-0.25, -0.2) is 4.98 Å². The molecule has 0 N–H and O–H groups in total. The van der Waals surface area contributed by atoms with Crippen LogP contribution in [0.25, 0.3) is 4.96 Å². The van der Waals surface area contributed by atoms with Gasteiger partial charge in [0.15, 0.2) is 0 Å². The molecule has 0 spiro atoms. The zero-order chi connectivity index (χ0) is 14.7. The van der Waals surface area contributed by atoms with Crippen LogP contribution >= 0.6 is 11.3 Å². The Morgan fingerprint density at radius 3 is 2.76 bits per heavy atom. The normalized spacial score (nSPS) is 10.9. The third kappa shape index (κ3) is 2.95. The second-order valence-corrected chi connectivity index (χ2v) is 5.70. The largest absolute Gasteiger partial charge is 0.342 e. The van der Waals surface area contributed by atoms with Crippen LogP contribution in [0.15, 0.2) is 47.4 Å². The number of rotatable bonds is 5. The maximum Gasteiger partial charge on any atom is 0.275 e. The zero-order valence-electron chi connectivity index (χ0n) is 11.8. The van der Waals surface area contributed by atoms with E-state index in [9.17, 15) is 4.79 Å². The number of fused-ring (bicyclic) bond motifs is 1. The Morgan fingerprint density at radius 1 is 1.24 bits per heavy atom. The van der Waals surface area contributed by atoms with Gasteiger partial charge in [0.2, 0.25) is 10.1 Å². The highest BCUT2D eigenvalue weighted by Gasteiger charge is 2.13. The molecular weight excluding hydrogens is 284 g/mol. The van der Waals surface area contributed by atoms with E-state index in [0.29, 0.717) is 4.96 Å². The lowest BCUT2D eigenvalue weighted by atomic mass is 10.2. The molecule has 0 fully saturated rings. The van der Waals surface area contributed by atoms with Gasteiger partial charge in [0.05, 0.1) is 0 Å². The van der Waals surface area contributed by atoms with Crippen LogP contribution in [0.1, 0.15) is 18.9 Å². The number of hydrogen-bond donors (Lipinski definition) is 0. The molecule has 3 aromatic rings. The Kier molecular flexibility index (Phi) is 3.96. The topological polar surface area (TPSA) is 50.5 Å². The zero-order valence-corrected chi connectivity index (χ0v) is 12.6. The smallest absolute Gasteiger partial charge is 0.275 e. The summed E-state index contributed by atoms with van der Waals surface area (Å²) in [6.45, 7) is 3.81. The molecule has 0 atom stereocenters. The number of hydrogen-bond acceptors (Lipinski definition) is 5. The molecule has 0 aliphatic carbocycles. The first kappa shape index (κ1) is 13.8. The Hall–Kier alpha value is -2.21. The summed E-state index contributed by atoms with van der Waals surface area (Å²) >= 11 is 1.45. The van der Waals surface area contributed by atoms with E-state index in [2.05, 4.69) is 34.0 Å². The van der Waals surface area contributed by atoms with Crippen LogP contribution in [0.3, 0.4) is 0 Å². The lowest BCUT2D eigenvalue weighted by molar-refractivity contribution is 0.747. The standard InChI is InChI=1S/C15H16N4OS/c1-2-10-18(11-12-6-4-3-5-7-12)15-17-19-13(20)8-9-16-14(19)21-15/h3-9H,2,10-11H2,1H3. The van der Waals surface area contributed by atoms with Crippen molar-refractivity contribution < 1.29 is 0 Å². The van der Waals surface area contributed by atoms with Crippen LogP contribution < -0.4 is 10.5 Å². The molecule has 3 rings (SSSR count). The van der Waals surface area contributed by atoms with Crippen LogP contribution in [0.5, 0.6) is 0 Å². The number of aromatic nitrogens is 3. The molecular formula is C15H16N4OS. The summed E-state index contributed by atoms with van der Waals surface area (Å²) in [5.74, 6) is 0. The molecule has 1 aromatic carbocycles. The summed E-state index contributed by atoms with van der Waals surface area (Å²) in [5, 5.41) is 5.24. The van der Waals surface area contributed by atoms with Crippen LogP contribution in [0, 0.1) is 0 Å². The lowest BCUT2D eigenvalue weighted by Crippen LogP contribution is -2.24. The lowest BCUT2D eigenvalue weighted by Gasteiger charge is -2.20. The van der Waals surface area contributed by atoms with Crippen molar-refractivity contribution in [2.24, 2.45) is 0 Å². The molecule has 2 heterocycles. The van der Waals surface area contributed by atoms with Gasteiger partial charge in [0.1, 0.15) is 0 Å². The van der Waals surface area contributed by atoms with Crippen molar-refractivity contribution in [2.75, 3.05) is 11.4 Å². The SMILES string of the molecule is CCCN(Cc1ccccc1)c1nn2c(=O)ccnc2s1. The molecule has 0 bridgehead atoms. The third-order valence-corrected chi connectivity index (χ3v) is 4.12. The van der Waals surface area contributed by atoms with Gasteiger partial charge in [-0.05, 0) is 12.0 Å². The summed E-state index contributed by atoms with van der Waals surface area (Å²) in [5.41, 5.74) is 1.09. The minimum Gasteiger partial charge on any atom is -0.342 e. The van der Waals surface area contributed by atoms with Gasteiger partial charge in [0.25, 0.3) is 5.56 Å². The molecule has 21 heavy (non-hydrogen) atoms. The molecule has 0 radical (unpaired) electrons. The van der Waals surface area contributed by atoms with E-state index in [4.69, 9.17) is 0 Å². The van der Waals surface area contributed by atoms with Crippen molar-refractivity contribution in [1.29, 1.82) is 0 Å². The van der Waals surface area contributed by atoms with E-state index in [1.807, 2.05) is 18.2 Å². The van der Waals surface area contributed by atoms with E-state index >= 15 is 0 Å². The van der Waals surface area contributed by atoms with Crippen molar-refractivity contribution in [1.82, 2.24) is 14.6 Å². The highest BCUT2D eigenvalue weighted by Crippen LogP contribution is 2.23. The molecule has 108 valence electrons. The number of benzene rings is 1. The Balaban J connectivity index is 1.95. The molecule has 0 saturated heterocycles. The molecule has 0 unspecified atom stereocenters. The first-order valence-corrected chi connectivity index (χ1v) is 7.73. The maximum absolute atomic E-state index is 11.8. The van der Waals surface area contributed by atoms with Crippen molar-refractivity contribution in [3.8, 4) is 0 Å². The molecule has 2 aromatic heterocycles. The van der Waals surface area contributed by atoms with E-state index in [1.165, 1.54) is 33.7 Å². The van der Waals surface area contributed by atoms with E-state index in [-0.39, 0.29) is 5.56 Å². The minimum absolute atomic E-state index is 0.140. The van der Waals surface area contributed by atoms with Crippen LogP contribution in [0.2, 0.25) is 0 Å². The van der Waals surface area contributed by atoms with Crippen molar-refractivity contribution in [2.45, 2.75) is 19.9 Å². The van der Waals surface area contributed by atoms with Gasteiger partial charge >= 0.3 is 0 Å². The van der Waals surface area contributed by atoms with Crippen LogP contribution in [-0.2, 0) is 6.54 Å².